The van der Waals surface area contributed by atoms with E-state index in [9.17, 15) is 0 Å². The van der Waals surface area contributed by atoms with E-state index >= 15 is 4.39 Å². The Morgan fingerprint density at radius 1 is 1.08 bits per heavy atom. The van der Waals surface area contributed by atoms with Gasteiger partial charge in [0.1, 0.15) is 17.7 Å². The zero-order chi connectivity index (χ0) is 18.1. The molecular weight excluding hydrogens is 337 g/mol. The Hall–Kier alpha value is -1.93. The number of hydrogen-bond donors (Lipinski definition) is 1. The quantitative estimate of drug-likeness (QED) is 0.891. The Kier molecular flexibility index (Phi) is 4.95. The van der Waals surface area contributed by atoms with Gasteiger partial charge in [0, 0.05) is 38.5 Å². The minimum Gasteiger partial charge on any atom is -0.381 e. The number of nitrogens with zero attached hydrogens (tertiary/aromatic N) is 4. The Morgan fingerprint density at radius 2 is 1.69 bits per heavy atom. The van der Waals surface area contributed by atoms with Crippen LogP contribution in [0.25, 0.3) is 0 Å². The Morgan fingerprint density at radius 3 is 2.35 bits per heavy atom. The third-order valence-electron chi connectivity index (χ3n) is 5.55. The smallest absolute Gasteiger partial charge is 0.197 e. The summed E-state index contributed by atoms with van der Waals surface area (Å²) in [6, 6.07) is -0.208. The molecule has 7 nitrogen and oxygen atoms in total. The molecule has 8 heteroatoms. The van der Waals surface area contributed by atoms with Crippen LogP contribution in [0.4, 0.5) is 4.39 Å². The van der Waals surface area contributed by atoms with E-state index in [2.05, 4.69) is 14.5 Å². The number of nitrogens with two attached hydrogens (primary N) is 1. The molecule has 0 bridgehead atoms. The average Bonchev–Trinajstić information content (AvgIpc) is 3.06. The van der Waals surface area contributed by atoms with Gasteiger partial charge in [0.2, 0.25) is 0 Å². The van der Waals surface area contributed by atoms with Gasteiger partial charge in [-0.1, -0.05) is 0 Å². The van der Waals surface area contributed by atoms with Crippen molar-refractivity contribution in [2.75, 3.05) is 26.4 Å². The standard InChI is InChI=1S/C18H26FN5O2/c1-12-21-11-16(23(12)13-2-6-25-7-3-13)17-15(19)10-22-18(20)24(17)14-4-8-26-9-5-14/h10-11,13-14,17H,2-9H2,1H3,(H2,20,22). The van der Waals surface area contributed by atoms with Crippen LogP contribution in [0.1, 0.15) is 49.3 Å². The summed E-state index contributed by atoms with van der Waals surface area (Å²) in [5.41, 5.74) is 7.05. The molecule has 142 valence electrons. The van der Waals surface area contributed by atoms with Crippen LogP contribution >= 0.6 is 0 Å². The van der Waals surface area contributed by atoms with Gasteiger partial charge in [-0.05, 0) is 32.6 Å². The fourth-order valence-electron chi connectivity index (χ4n) is 4.27. The summed E-state index contributed by atoms with van der Waals surface area (Å²) in [6.07, 6.45) is 6.46. The second kappa shape index (κ2) is 7.36. The highest BCUT2D eigenvalue weighted by molar-refractivity contribution is 5.81. The first-order valence-corrected chi connectivity index (χ1v) is 9.33. The van der Waals surface area contributed by atoms with Crippen LogP contribution in [0.2, 0.25) is 0 Å². The van der Waals surface area contributed by atoms with Crippen molar-refractivity contribution in [3.8, 4) is 0 Å². The molecule has 1 aromatic heterocycles. The summed E-state index contributed by atoms with van der Waals surface area (Å²) in [4.78, 5) is 10.5. The van der Waals surface area contributed by atoms with E-state index in [-0.39, 0.29) is 17.9 Å². The number of ether oxygens (including phenoxy) is 2. The number of aromatic nitrogens is 2. The number of rotatable bonds is 3. The average molecular weight is 363 g/mol. The molecule has 1 unspecified atom stereocenters. The van der Waals surface area contributed by atoms with Gasteiger partial charge in [0.15, 0.2) is 5.96 Å². The van der Waals surface area contributed by atoms with Crippen molar-refractivity contribution in [3.05, 3.63) is 29.7 Å². The molecule has 2 saturated heterocycles. The van der Waals surface area contributed by atoms with Gasteiger partial charge in [0.25, 0.3) is 0 Å². The van der Waals surface area contributed by atoms with E-state index in [1.807, 2.05) is 11.8 Å². The lowest BCUT2D eigenvalue weighted by Gasteiger charge is -2.42. The molecule has 4 rings (SSSR count). The van der Waals surface area contributed by atoms with Crippen LogP contribution in [-0.4, -0.2) is 52.9 Å². The SMILES string of the molecule is Cc1ncc(C2C(F)=CN=C(N)N2C2CCOCC2)n1C1CCOCC1. The molecule has 2 N–H and O–H groups in total. The lowest BCUT2D eigenvalue weighted by molar-refractivity contribution is 0.0422. The van der Waals surface area contributed by atoms with Gasteiger partial charge >= 0.3 is 0 Å². The van der Waals surface area contributed by atoms with Gasteiger partial charge in [-0.2, -0.15) is 0 Å². The van der Waals surface area contributed by atoms with Gasteiger partial charge < -0.3 is 24.7 Å². The summed E-state index contributed by atoms with van der Waals surface area (Å²) in [7, 11) is 0. The highest BCUT2D eigenvalue weighted by Gasteiger charge is 2.38. The molecule has 3 aliphatic heterocycles. The molecule has 0 amide bonds. The topological polar surface area (TPSA) is 77.9 Å². The largest absolute Gasteiger partial charge is 0.381 e. The van der Waals surface area contributed by atoms with Gasteiger partial charge in [-0.15, -0.1) is 0 Å². The number of imidazole rings is 1. The van der Waals surface area contributed by atoms with E-state index in [0.717, 1.165) is 50.4 Å². The van der Waals surface area contributed by atoms with Crippen molar-refractivity contribution in [1.82, 2.24) is 14.5 Å². The first-order valence-electron chi connectivity index (χ1n) is 9.33. The van der Waals surface area contributed by atoms with Crippen LogP contribution in [0.5, 0.6) is 0 Å². The molecule has 1 aromatic rings. The van der Waals surface area contributed by atoms with E-state index in [1.54, 1.807) is 6.20 Å². The van der Waals surface area contributed by atoms with Crippen molar-refractivity contribution in [2.24, 2.45) is 10.7 Å². The number of aliphatic imine (C=N–C) groups is 1. The van der Waals surface area contributed by atoms with Crippen LogP contribution in [-0.2, 0) is 9.47 Å². The first-order chi connectivity index (χ1) is 12.7. The molecule has 4 heterocycles. The number of aryl methyl sites for hydroxylation is 1. The van der Waals surface area contributed by atoms with E-state index < -0.39 is 6.04 Å². The summed E-state index contributed by atoms with van der Waals surface area (Å²) < 4.78 is 28.2. The summed E-state index contributed by atoms with van der Waals surface area (Å²) in [5, 5.41) is 0. The predicted molar refractivity (Wildman–Crippen MR) is 95.3 cm³/mol. The zero-order valence-corrected chi connectivity index (χ0v) is 15.1. The highest BCUT2D eigenvalue weighted by Crippen LogP contribution is 2.38. The molecule has 26 heavy (non-hydrogen) atoms. The Balaban J connectivity index is 1.72. The fourth-order valence-corrected chi connectivity index (χ4v) is 4.27. The number of hydrogen-bond acceptors (Lipinski definition) is 6. The maximum absolute atomic E-state index is 15.0. The minimum absolute atomic E-state index is 0.107. The van der Waals surface area contributed by atoms with Crippen molar-refractivity contribution >= 4 is 5.96 Å². The molecule has 0 spiro atoms. The van der Waals surface area contributed by atoms with E-state index in [4.69, 9.17) is 15.2 Å². The first kappa shape index (κ1) is 17.5. The monoisotopic (exact) mass is 363 g/mol. The second-order valence-electron chi connectivity index (χ2n) is 7.10. The van der Waals surface area contributed by atoms with E-state index in [1.165, 1.54) is 6.20 Å². The Labute approximate surface area is 152 Å². The molecule has 2 fully saturated rings. The maximum atomic E-state index is 15.0. The lowest BCUT2D eigenvalue weighted by Crippen LogP contribution is -2.50. The van der Waals surface area contributed by atoms with Crippen LogP contribution in [0, 0.1) is 6.92 Å². The van der Waals surface area contributed by atoms with Crippen LogP contribution in [0.15, 0.2) is 23.2 Å². The molecule has 1 atom stereocenters. The highest BCUT2D eigenvalue weighted by atomic mass is 19.1. The summed E-state index contributed by atoms with van der Waals surface area (Å²) in [5.74, 6) is 0.965. The normalized spacial score (nSPS) is 25.9. The molecule has 0 radical (unpaired) electrons. The molecular formula is C18H26FN5O2. The van der Waals surface area contributed by atoms with Gasteiger partial charge in [0.05, 0.1) is 18.1 Å². The van der Waals surface area contributed by atoms with Crippen molar-refractivity contribution in [2.45, 2.75) is 50.7 Å². The van der Waals surface area contributed by atoms with E-state index in [0.29, 0.717) is 19.2 Å². The van der Waals surface area contributed by atoms with Gasteiger partial charge in [-0.25, -0.2) is 14.4 Å². The Bertz CT molecular complexity index is 704. The molecule has 3 aliphatic rings. The van der Waals surface area contributed by atoms with Gasteiger partial charge in [-0.3, -0.25) is 0 Å². The van der Waals surface area contributed by atoms with Crippen molar-refractivity contribution < 1.29 is 13.9 Å². The van der Waals surface area contributed by atoms with Crippen molar-refractivity contribution in [1.29, 1.82) is 0 Å². The maximum Gasteiger partial charge on any atom is 0.197 e. The molecule has 0 aromatic carbocycles. The molecule has 0 saturated carbocycles. The number of guanidine groups is 1. The zero-order valence-electron chi connectivity index (χ0n) is 15.1. The predicted octanol–water partition coefficient (Wildman–Crippen LogP) is 2.20. The third-order valence-corrected chi connectivity index (χ3v) is 5.55. The second-order valence-corrected chi connectivity index (χ2v) is 7.10. The summed E-state index contributed by atoms with van der Waals surface area (Å²) >= 11 is 0. The lowest BCUT2D eigenvalue weighted by atomic mass is 10.0. The third kappa shape index (κ3) is 3.12. The summed E-state index contributed by atoms with van der Waals surface area (Å²) in [6.45, 7) is 4.73. The number of halogens is 1. The van der Waals surface area contributed by atoms with Crippen molar-refractivity contribution in [3.63, 3.8) is 0 Å². The van der Waals surface area contributed by atoms with Crippen LogP contribution in [0.3, 0.4) is 0 Å². The molecule has 0 aliphatic carbocycles. The fraction of sp³-hybridized carbons (Fsp3) is 0.667. The van der Waals surface area contributed by atoms with Crippen LogP contribution < -0.4 is 5.73 Å². The minimum atomic E-state index is -0.584.